The van der Waals surface area contributed by atoms with E-state index in [-0.39, 0.29) is 5.70 Å². The van der Waals surface area contributed by atoms with Gasteiger partial charge in [-0.05, 0) is 61.0 Å². The monoisotopic (exact) mass is 494 g/mol. The largest absolute Gasteiger partial charge is 0.493 e. The molecule has 2 N–H and O–H groups in total. The maximum Gasteiger partial charge on any atom is 0.272 e. The Kier molecular flexibility index (Phi) is 7.68. The van der Waals surface area contributed by atoms with E-state index < -0.39 is 11.8 Å². The molecule has 0 aromatic heterocycles. The quantitative estimate of drug-likeness (QED) is 0.443. The minimum Gasteiger partial charge on any atom is -0.493 e. The predicted octanol–water partition coefficient (Wildman–Crippen LogP) is 5.18. The van der Waals surface area contributed by atoms with Gasteiger partial charge in [0, 0.05) is 15.7 Å². The summed E-state index contributed by atoms with van der Waals surface area (Å²) in [5.74, 6) is 0.218. The number of benzene rings is 3. The number of hydrogen-bond donors (Lipinski definition) is 2. The average molecular weight is 495 g/mol. The molecule has 3 aromatic carbocycles. The molecule has 2 amide bonds. The Balaban J connectivity index is 1.94. The number of ether oxygens (including phenoxy) is 2. The summed E-state index contributed by atoms with van der Waals surface area (Å²) in [5, 5.41) is 5.55. The van der Waals surface area contributed by atoms with Crippen LogP contribution in [0.5, 0.6) is 11.5 Å². The molecule has 3 rings (SSSR count). The smallest absolute Gasteiger partial charge is 0.272 e. The van der Waals surface area contributed by atoms with E-state index >= 15 is 0 Å². The molecule has 0 fully saturated rings. The van der Waals surface area contributed by atoms with Crippen molar-refractivity contribution < 1.29 is 19.1 Å². The summed E-state index contributed by atoms with van der Waals surface area (Å²) < 4.78 is 11.4. The molecule has 6 nitrogen and oxygen atoms in total. The minimum absolute atomic E-state index is 0.0859. The van der Waals surface area contributed by atoms with Crippen LogP contribution < -0.4 is 20.1 Å². The molecular formula is C25H23BrN2O4. The third-order valence-corrected chi connectivity index (χ3v) is 5.10. The van der Waals surface area contributed by atoms with Gasteiger partial charge >= 0.3 is 0 Å². The molecule has 0 heterocycles. The Labute approximate surface area is 195 Å². The second-order valence-electron chi connectivity index (χ2n) is 6.96. The number of methoxy groups -OCH3 is 2. The third-order valence-electron chi connectivity index (χ3n) is 4.61. The number of aryl methyl sites for hydroxylation is 1. The molecule has 0 saturated carbocycles. The van der Waals surface area contributed by atoms with Crippen LogP contribution in [0.3, 0.4) is 0 Å². The van der Waals surface area contributed by atoms with Crippen LogP contribution in [0.2, 0.25) is 0 Å². The van der Waals surface area contributed by atoms with Crippen molar-refractivity contribution in [3.05, 3.63) is 93.6 Å². The van der Waals surface area contributed by atoms with Crippen molar-refractivity contribution in [1.82, 2.24) is 5.32 Å². The maximum atomic E-state index is 13.1. The average Bonchev–Trinajstić information content (AvgIpc) is 2.79. The Bertz CT molecular complexity index is 1160. The first-order valence-electron chi connectivity index (χ1n) is 9.78. The number of carbonyl (C=O) groups excluding carboxylic acids is 2. The predicted molar refractivity (Wildman–Crippen MR) is 129 cm³/mol. The molecule has 32 heavy (non-hydrogen) atoms. The van der Waals surface area contributed by atoms with Gasteiger partial charge in [-0.25, -0.2) is 0 Å². The summed E-state index contributed by atoms with van der Waals surface area (Å²) in [5.41, 5.74) is 2.86. The van der Waals surface area contributed by atoms with Gasteiger partial charge in [-0.15, -0.1) is 0 Å². The number of rotatable bonds is 7. The summed E-state index contributed by atoms with van der Waals surface area (Å²) in [6.45, 7) is 1.96. The van der Waals surface area contributed by atoms with E-state index in [1.807, 2.05) is 25.1 Å². The van der Waals surface area contributed by atoms with Crippen molar-refractivity contribution in [1.29, 1.82) is 0 Å². The summed E-state index contributed by atoms with van der Waals surface area (Å²) in [7, 11) is 3.08. The molecule has 0 spiro atoms. The van der Waals surface area contributed by atoms with Gasteiger partial charge in [-0.2, -0.15) is 0 Å². The van der Waals surface area contributed by atoms with Crippen molar-refractivity contribution in [2.45, 2.75) is 6.92 Å². The molecule has 0 aliphatic carbocycles. The van der Waals surface area contributed by atoms with E-state index in [1.54, 1.807) is 61.7 Å². The van der Waals surface area contributed by atoms with E-state index in [0.717, 1.165) is 10.0 Å². The molecule has 164 valence electrons. The van der Waals surface area contributed by atoms with Crippen molar-refractivity contribution in [2.24, 2.45) is 0 Å². The lowest BCUT2D eigenvalue weighted by Crippen LogP contribution is -2.30. The number of amides is 2. The van der Waals surface area contributed by atoms with Gasteiger partial charge in [0.2, 0.25) is 0 Å². The Morgan fingerprint density at radius 3 is 2.28 bits per heavy atom. The van der Waals surface area contributed by atoms with Crippen LogP contribution in [0.1, 0.15) is 21.5 Å². The van der Waals surface area contributed by atoms with Crippen LogP contribution in [0.15, 0.2) is 76.9 Å². The van der Waals surface area contributed by atoms with Gasteiger partial charge in [0.25, 0.3) is 11.8 Å². The Morgan fingerprint density at radius 1 is 0.906 bits per heavy atom. The van der Waals surface area contributed by atoms with Crippen molar-refractivity contribution in [2.75, 3.05) is 19.5 Å². The van der Waals surface area contributed by atoms with Crippen LogP contribution in [0.25, 0.3) is 6.08 Å². The lowest BCUT2D eigenvalue weighted by molar-refractivity contribution is -0.113. The summed E-state index contributed by atoms with van der Waals surface area (Å²) >= 11 is 3.36. The molecule has 0 unspecified atom stereocenters. The minimum atomic E-state index is -0.452. The molecule has 0 radical (unpaired) electrons. The molecule has 0 bridgehead atoms. The van der Waals surface area contributed by atoms with Crippen LogP contribution >= 0.6 is 15.9 Å². The topological polar surface area (TPSA) is 76.7 Å². The fourth-order valence-corrected chi connectivity index (χ4v) is 3.33. The first-order valence-corrected chi connectivity index (χ1v) is 10.6. The van der Waals surface area contributed by atoms with Crippen LogP contribution in [-0.4, -0.2) is 26.0 Å². The van der Waals surface area contributed by atoms with E-state index in [0.29, 0.717) is 28.3 Å². The molecule has 0 saturated heterocycles. The fraction of sp³-hybridized carbons (Fsp3) is 0.120. The van der Waals surface area contributed by atoms with Gasteiger partial charge in [-0.1, -0.05) is 45.8 Å². The highest BCUT2D eigenvalue weighted by Crippen LogP contribution is 2.28. The lowest BCUT2D eigenvalue weighted by Gasteiger charge is -2.13. The maximum absolute atomic E-state index is 13.1. The highest BCUT2D eigenvalue weighted by Gasteiger charge is 2.16. The third kappa shape index (κ3) is 5.98. The van der Waals surface area contributed by atoms with Gasteiger partial charge in [0.05, 0.1) is 14.2 Å². The number of hydrogen-bond acceptors (Lipinski definition) is 4. The zero-order valence-corrected chi connectivity index (χ0v) is 19.5. The molecule has 0 aliphatic rings. The van der Waals surface area contributed by atoms with Gasteiger partial charge in [-0.3, -0.25) is 9.59 Å². The molecule has 0 atom stereocenters. The van der Waals surface area contributed by atoms with Gasteiger partial charge in [0.15, 0.2) is 11.5 Å². The summed E-state index contributed by atoms with van der Waals surface area (Å²) in [6.07, 6.45) is 1.58. The highest BCUT2D eigenvalue weighted by molar-refractivity contribution is 9.10. The van der Waals surface area contributed by atoms with Crippen LogP contribution in [-0.2, 0) is 4.79 Å². The molecule has 3 aromatic rings. The van der Waals surface area contributed by atoms with E-state index in [9.17, 15) is 9.59 Å². The van der Waals surface area contributed by atoms with Crippen molar-refractivity contribution >= 4 is 39.5 Å². The van der Waals surface area contributed by atoms with E-state index in [4.69, 9.17) is 9.47 Å². The summed E-state index contributed by atoms with van der Waals surface area (Å²) in [6, 6.07) is 19.6. The number of halogens is 1. The molecular weight excluding hydrogens is 472 g/mol. The second-order valence-corrected chi connectivity index (χ2v) is 7.87. The van der Waals surface area contributed by atoms with Crippen molar-refractivity contribution in [3.63, 3.8) is 0 Å². The Morgan fingerprint density at radius 2 is 1.62 bits per heavy atom. The van der Waals surface area contributed by atoms with Crippen LogP contribution in [0, 0.1) is 6.92 Å². The highest BCUT2D eigenvalue weighted by atomic mass is 79.9. The molecule has 0 aliphatic heterocycles. The van der Waals surface area contributed by atoms with Gasteiger partial charge < -0.3 is 20.1 Å². The zero-order valence-electron chi connectivity index (χ0n) is 17.9. The lowest BCUT2D eigenvalue weighted by atomic mass is 10.1. The number of carbonyl (C=O) groups is 2. The number of nitrogens with one attached hydrogen (secondary N) is 2. The number of anilines is 1. The standard InChI is InChI=1S/C25H23BrN2O4/c1-16-7-10-20(11-8-16)27-25(30)21(28-24(29)18-5-4-6-19(26)15-18)13-17-9-12-22(31-2)23(14-17)32-3/h4-15H,1-3H3,(H,27,30)(H,28,29). The van der Waals surface area contributed by atoms with Crippen LogP contribution in [0.4, 0.5) is 5.69 Å². The fourth-order valence-electron chi connectivity index (χ4n) is 2.93. The van der Waals surface area contributed by atoms with Gasteiger partial charge in [0.1, 0.15) is 5.70 Å². The van der Waals surface area contributed by atoms with E-state index in [2.05, 4.69) is 26.6 Å². The first kappa shape index (κ1) is 23.1. The Hall–Kier alpha value is -3.58. The van der Waals surface area contributed by atoms with Crippen molar-refractivity contribution in [3.8, 4) is 11.5 Å². The SMILES string of the molecule is COc1ccc(C=C(NC(=O)c2cccc(Br)c2)C(=O)Nc2ccc(C)cc2)cc1OC. The second kappa shape index (κ2) is 10.6. The normalized spacial score (nSPS) is 10.9. The molecule has 7 heteroatoms. The summed E-state index contributed by atoms with van der Waals surface area (Å²) in [4.78, 5) is 25.9. The first-order chi connectivity index (χ1) is 15.4. The van der Waals surface area contributed by atoms with E-state index in [1.165, 1.54) is 7.11 Å². The zero-order chi connectivity index (χ0) is 23.1.